The summed E-state index contributed by atoms with van der Waals surface area (Å²) in [5, 5.41) is 6.67. The summed E-state index contributed by atoms with van der Waals surface area (Å²) in [6.07, 6.45) is 5.44. The highest BCUT2D eigenvalue weighted by Gasteiger charge is 2.11. The van der Waals surface area contributed by atoms with Crippen LogP contribution < -0.4 is 11.1 Å². The molecule has 0 radical (unpaired) electrons. The smallest absolute Gasteiger partial charge is 0.137 e. The number of anilines is 2. The molecule has 0 aliphatic carbocycles. The first-order chi connectivity index (χ1) is 13.8. The van der Waals surface area contributed by atoms with E-state index >= 15 is 0 Å². The molecule has 0 fully saturated rings. The fourth-order valence-corrected chi connectivity index (χ4v) is 3.39. The van der Waals surface area contributed by atoms with Gasteiger partial charge in [-0.3, -0.25) is 4.98 Å². The number of fused-ring (bicyclic) bond motifs is 2. The highest BCUT2D eigenvalue weighted by atomic mass is 16.3. The Morgan fingerprint density at radius 2 is 1.86 bits per heavy atom. The number of aromatic nitrogens is 2. The number of hydrogen-bond acceptors (Lipinski definition) is 5. The minimum Gasteiger partial charge on any atom is -0.456 e. The van der Waals surface area contributed by atoms with E-state index < -0.39 is 0 Å². The summed E-state index contributed by atoms with van der Waals surface area (Å²) >= 11 is 0. The van der Waals surface area contributed by atoms with E-state index in [2.05, 4.69) is 45.6 Å². The predicted molar refractivity (Wildman–Crippen MR) is 113 cm³/mol. The minimum atomic E-state index is 0.502. The second-order valence-corrected chi connectivity index (χ2v) is 6.71. The summed E-state index contributed by atoms with van der Waals surface area (Å²) < 4.78 is 6.07. The minimum absolute atomic E-state index is 0.502. The molecule has 0 amide bonds. The molecular formula is C23H18N4O. The fraction of sp³-hybridized carbons (Fsp3) is 0.0435. The van der Waals surface area contributed by atoms with Crippen molar-refractivity contribution in [2.24, 2.45) is 0 Å². The van der Waals surface area contributed by atoms with Crippen LogP contribution in [0.1, 0.15) is 5.56 Å². The van der Waals surface area contributed by atoms with Gasteiger partial charge in [-0.15, -0.1) is 0 Å². The van der Waals surface area contributed by atoms with Crippen molar-refractivity contribution in [1.29, 1.82) is 0 Å². The molecule has 3 heterocycles. The van der Waals surface area contributed by atoms with Crippen LogP contribution in [-0.4, -0.2) is 9.97 Å². The molecule has 0 aliphatic heterocycles. The van der Waals surface area contributed by atoms with Crippen molar-refractivity contribution >= 4 is 33.2 Å². The Labute approximate surface area is 161 Å². The molecule has 28 heavy (non-hydrogen) atoms. The van der Waals surface area contributed by atoms with Gasteiger partial charge in [-0.1, -0.05) is 30.3 Å². The first-order valence-electron chi connectivity index (χ1n) is 9.07. The van der Waals surface area contributed by atoms with E-state index in [0.717, 1.165) is 44.3 Å². The molecule has 0 saturated heterocycles. The first kappa shape index (κ1) is 16.3. The van der Waals surface area contributed by atoms with Crippen LogP contribution >= 0.6 is 0 Å². The van der Waals surface area contributed by atoms with E-state index in [1.54, 1.807) is 6.20 Å². The van der Waals surface area contributed by atoms with Gasteiger partial charge in [-0.2, -0.15) is 0 Å². The zero-order chi connectivity index (χ0) is 18.9. The maximum atomic E-state index is 6.07. The van der Waals surface area contributed by atoms with Crippen LogP contribution in [0.5, 0.6) is 0 Å². The van der Waals surface area contributed by atoms with Crippen molar-refractivity contribution in [3.05, 3.63) is 84.8 Å². The maximum absolute atomic E-state index is 6.07. The zero-order valence-corrected chi connectivity index (χ0v) is 15.1. The number of benzene rings is 2. The van der Waals surface area contributed by atoms with Gasteiger partial charge in [0.2, 0.25) is 0 Å². The monoisotopic (exact) mass is 366 g/mol. The summed E-state index contributed by atoms with van der Waals surface area (Å²) in [4.78, 5) is 8.42. The van der Waals surface area contributed by atoms with Gasteiger partial charge >= 0.3 is 0 Å². The van der Waals surface area contributed by atoms with Gasteiger partial charge in [0.05, 0.1) is 0 Å². The van der Waals surface area contributed by atoms with E-state index in [-0.39, 0.29) is 0 Å². The quantitative estimate of drug-likeness (QED) is 0.455. The molecule has 2 aromatic carbocycles. The number of nitrogens with two attached hydrogens (primary N) is 1. The molecule has 5 heteroatoms. The van der Waals surface area contributed by atoms with Crippen molar-refractivity contribution in [3.8, 4) is 11.3 Å². The zero-order valence-electron chi connectivity index (χ0n) is 15.1. The van der Waals surface area contributed by atoms with E-state index in [0.29, 0.717) is 12.4 Å². The molecule has 5 nitrogen and oxygen atoms in total. The molecule has 0 spiro atoms. The molecule has 0 bridgehead atoms. The maximum Gasteiger partial charge on any atom is 0.137 e. The van der Waals surface area contributed by atoms with Gasteiger partial charge in [0, 0.05) is 53.2 Å². The number of furan rings is 1. The lowest BCUT2D eigenvalue weighted by atomic mass is 10.0. The Hall–Kier alpha value is -3.86. The molecular weight excluding hydrogens is 348 g/mol. The second-order valence-electron chi connectivity index (χ2n) is 6.71. The van der Waals surface area contributed by atoms with Gasteiger partial charge in [-0.25, -0.2) is 4.98 Å². The molecule has 0 unspecified atom stereocenters. The summed E-state index contributed by atoms with van der Waals surface area (Å²) in [7, 11) is 0. The second kappa shape index (κ2) is 6.70. The van der Waals surface area contributed by atoms with Crippen LogP contribution in [0.15, 0.2) is 83.7 Å². The number of rotatable bonds is 4. The van der Waals surface area contributed by atoms with E-state index in [9.17, 15) is 0 Å². The Balaban J connectivity index is 1.52. The first-order valence-corrected chi connectivity index (χ1v) is 9.07. The third-order valence-electron chi connectivity index (χ3n) is 4.79. The SMILES string of the molecule is Nc1cc(NCc2ccc3cncc(-c4cc5ccccc5o4)c3c2)ccn1. The van der Waals surface area contributed by atoms with E-state index in [1.165, 1.54) is 0 Å². The number of nitrogens with zero attached hydrogens (tertiary/aromatic N) is 2. The lowest BCUT2D eigenvalue weighted by molar-refractivity contribution is 0.632. The van der Waals surface area contributed by atoms with Crippen LogP contribution in [0.2, 0.25) is 0 Å². The van der Waals surface area contributed by atoms with Gasteiger partial charge in [-0.05, 0) is 35.2 Å². The summed E-state index contributed by atoms with van der Waals surface area (Å²) in [5.41, 5.74) is 9.72. The Kier molecular flexibility index (Phi) is 3.91. The summed E-state index contributed by atoms with van der Waals surface area (Å²) in [6.45, 7) is 0.682. The van der Waals surface area contributed by atoms with Crippen molar-refractivity contribution in [1.82, 2.24) is 9.97 Å². The lowest BCUT2D eigenvalue weighted by Gasteiger charge is -2.09. The van der Waals surface area contributed by atoms with Crippen LogP contribution in [0.25, 0.3) is 33.1 Å². The van der Waals surface area contributed by atoms with E-state index in [4.69, 9.17) is 10.2 Å². The molecule has 0 aliphatic rings. The molecule has 5 rings (SSSR count). The molecule has 5 aromatic rings. The molecule has 0 atom stereocenters. The largest absolute Gasteiger partial charge is 0.456 e. The fourth-order valence-electron chi connectivity index (χ4n) is 3.39. The van der Waals surface area contributed by atoms with Crippen molar-refractivity contribution in [2.75, 3.05) is 11.1 Å². The van der Waals surface area contributed by atoms with Crippen molar-refractivity contribution in [3.63, 3.8) is 0 Å². The summed E-state index contributed by atoms with van der Waals surface area (Å²) in [5.74, 6) is 1.33. The Morgan fingerprint density at radius 3 is 2.75 bits per heavy atom. The van der Waals surface area contributed by atoms with Gasteiger partial charge in [0.25, 0.3) is 0 Å². The third kappa shape index (κ3) is 3.03. The highest BCUT2D eigenvalue weighted by molar-refractivity contribution is 5.97. The molecule has 0 saturated carbocycles. The van der Waals surface area contributed by atoms with Gasteiger partial charge < -0.3 is 15.5 Å². The number of para-hydroxylation sites is 1. The Bertz CT molecular complexity index is 1260. The molecule has 136 valence electrons. The predicted octanol–water partition coefficient (Wildman–Crippen LogP) is 5.24. The molecule has 3 N–H and O–H groups in total. The standard InChI is InChI=1S/C23H18N4O/c24-23-11-18(7-8-26-23)27-12-15-5-6-17-13-25-14-20(19(17)9-15)22-10-16-3-1-2-4-21(16)28-22/h1-11,13-14H,12H2,(H3,24,26,27). The highest BCUT2D eigenvalue weighted by Crippen LogP contribution is 2.32. The lowest BCUT2D eigenvalue weighted by Crippen LogP contribution is -2.00. The number of pyridine rings is 2. The van der Waals surface area contributed by atoms with Gasteiger partial charge in [0.15, 0.2) is 0 Å². The van der Waals surface area contributed by atoms with Gasteiger partial charge in [0.1, 0.15) is 17.2 Å². The normalized spacial score (nSPS) is 11.1. The summed E-state index contributed by atoms with van der Waals surface area (Å²) in [6, 6.07) is 20.2. The topological polar surface area (TPSA) is 77.0 Å². The number of nitrogen functional groups attached to an aromatic ring is 1. The van der Waals surface area contributed by atoms with E-state index in [1.807, 2.05) is 42.7 Å². The van der Waals surface area contributed by atoms with Crippen LogP contribution in [0.3, 0.4) is 0 Å². The van der Waals surface area contributed by atoms with Crippen LogP contribution in [-0.2, 0) is 6.54 Å². The number of nitrogens with one attached hydrogen (secondary N) is 1. The van der Waals surface area contributed by atoms with Crippen molar-refractivity contribution < 1.29 is 4.42 Å². The van der Waals surface area contributed by atoms with Crippen LogP contribution in [0, 0.1) is 0 Å². The van der Waals surface area contributed by atoms with Crippen LogP contribution in [0.4, 0.5) is 11.5 Å². The Morgan fingerprint density at radius 1 is 0.929 bits per heavy atom. The molecule has 3 aromatic heterocycles. The average Bonchev–Trinajstić information content (AvgIpc) is 3.16. The average molecular weight is 366 g/mol. The third-order valence-corrected chi connectivity index (χ3v) is 4.79. The van der Waals surface area contributed by atoms with Crippen molar-refractivity contribution in [2.45, 2.75) is 6.54 Å². The number of hydrogen-bond donors (Lipinski definition) is 2.